The number of aromatic amines is 1. The Kier molecular flexibility index (Phi) is 2.96. The second-order valence-corrected chi connectivity index (χ2v) is 4.13. The third kappa shape index (κ3) is 2.26. The lowest BCUT2D eigenvalue weighted by molar-refractivity contribution is 0.102. The number of para-hydroxylation sites is 1. The molecule has 2 N–H and O–H groups in total. The van der Waals surface area contributed by atoms with E-state index in [0.29, 0.717) is 11.2 Å². The van der Waals surface area contributed by atoms with E-state index in [9.17, 15) is 9.59 Å². The van der Waals surface area contributed by atoms with Gasteiger partial charge >= 0.3 is 0 Å². The molecule has 0 fully saturated rings. The van der Waals surface area contributed by atoms with Crippen LogP contribution in [-0.2, 0) is 0 Å². The van der Waals surface area contributed by atoms with Gasteiger partial charge in [0.15, 0.2) is 0 Å². The Balaban J connectivity index is 1.97. The largest absolute Gasteiger partial charge is 0.319 e. The molecular weight excluding hydrogens is 256 g/mol. The van der Waals surface area contributed by atoms with Crippen molar-refractivity contribution in [1.29, 1.82) is 0 Å². The van der Waals surface area contributed by atoms with Crippen LogP contribution in [0.1, 0.15) is 10.5 Å². The van der Waals surface area contributed by atoms with E-state index in [2.05, 4.69) is 20.3 Å². The summed E-state index contributed by atoms with van der Waals surface area (Å²) in [5.74, 6) is -0.450. The number of benzene rings is 1. The van der Waals surface area contributed by atoms with Crippen molar-refractivity contribution in [3.05, 3.63) is 65.0 Å². The van der Waals surface area contributed by atoms with E-state index in [1.54, 1.807) is 12.3 Å². The summed E-state index contributed by atoms with van der Waals surface area (Å²) in [7, 11) is 0. The van der Waals surface area contributed by atoms with E-state index >= 15 is 0 Å². The van der Waals surface area contributed by atoms with Crippen LogP contribution in [0.4, 0.5) is 5.69 Å². The molecule has 0 saturated heterocycles. The van der Waals surface area contributed by atoms with Crippen molar-refractivity contribution in [2.45, 2.75) is 0 Å². The average Bonchev–Trinajstić information content (AvgIpc) is 2.47. The molecule has 6 nitrogen and oxygen atoms in total. The van der Waals surface area contributed by atoms with Gasteiger partial charge in [-0.2, -0.15) is 0 Å². The molecular formula is C14H10N4O2. The maximum Gasteiger partial charge on any atom is 0.274 e. The van der Waals surface area contributed by atoms with Crippen molar-refractivity contribution >= 4 is 22.5 Å². The van der Waals surface area contributed by atoms with Gasteiger partial charge < -0.3 is 10.3 Å². The number of aromatic nitrogens is 3. The molecule has 0 aliphatic heterocycles. The molecule has 2 aromatic heterocycles. The van der Waals surface area contributed by atoms with Gasteiger partial charge in [0.05, 0.1) is 17.5 Å². The number of pyridine rings is 1. The fourth-order valence-electron chi connectivity index (χ4n) is 1.88. The van der Waals surface area contributed by atoms with Gasteiger partial charge in [0.2, 0.25) is 0 Å². The Morgan fingerprint density at radius 3 is 2.85 bits per heavy atom. The third-order valence-electron chi connectivity index (χ3n) is 2.79. The first-order valence-electron chi connectivity index (χ1n) is 5.94. The highest BCUT2D eigenvalue weighted by atomic mass is 16.2. The summed E-state index contributed by atoms with van der Waals surface area (Å²) in [6, 6.07) is 10.4. The number of nitrogens with zero attached hydrogens (tertiary/aromatic N) is 2. The van der Waals surface area contributed by atoms with Crippen LogP contribution in [-0.4, -0.2) is 20.9 Å². The second kappa shape index (κ2) is 4.93. The normalized spacial score (nSPS) is 10.4. The molecule has 0 aliphatic carbocycles. The molecule has 0 aliphatic rings. The van der Waals surface area contributed by atoms with Crippen molar-refractivity contribution in [2.24, 2.45) is 0 Å². The lowest BCUT2D eigenvalue weighted by Gasteiger charge is -2.07. The molecule has 0 bridgehead atoms. The van der Waals surface area contributed by atoms with E-state index < -0.39 is 5.91 Å². The fraction of sp³-hybridized carbons (Fsp3) is 0. The highest BCUT2D eigenvalue weighted by molar-refractivity contribution is 6.07. The first-order chi connectivity index (χ1) is 9.74. The summed E-state index contributed by atoms with van der Waals surface area (Å²) in [6.07, 6.45) is 2.85. The number of nitrogens with one attached hydrogen (secondary N) is 2. The number of hydrogen-bond donors (Lipinski definition) is 2. The number of H-pyrrole nitrogens is 1. The Morgan fingerprint density at radius 2 is 2.00 bits per heavy atom. The molecule has 98 valence electrons. The van der Waals surface area contributed by atoms with Gasteiger partial charge in [-0.05, 0) is 12.1 Å². The number of rotatable bonds is 2. The minimum Gasteiger partial charge on any atom is -0.319 e. The molecule has 0 saturated carbocycles. The molecule has 0 unspecified atom stereocenters. The molecule has 20 heavy (non-hydrogen) atoms. The van der Waals surface area contributed by atoms with Gasteiger partial charge in [-0.3, -0.25) is 14.6 Å². The SMILES string of the molecule is O=C(Nc1cccc2cccnc12)c1cc(=O)[nH]cn1. The number of amides is 1. The van der Waals surface area contributed by atoms with Gasteiger partial charge in [-0.15, -0.1) is 0 Å². The number of carbonyl (C=O) groups is 1. The van der Waals surface area contributed by atoms with Crippen LogP contribution in [0, 0.1) is 0 Å². The van der Waals surface area contributed by atoms with E-state index in [0.717, 1.165) is 11.5 Å². The molecule has 3 aromatic rings. The summed E-state index contributed by atoms with van der Waals surface area (Å²) in [5, 5.41) is 3.63. The maximum atomic E-state index is 12.1. The lowest BCUT2D eigenvalue weighted by Crippen LogP contribution is -2.17. The fourth-order valence-corrected chi connectivity index (χ4v) is 1.88. The molecule has 2 heterocycles. The topological polar surface area (TPSA) is 87.7 Å². The monoisotopic (exact) mass is 266 g/mol. The Hall–Kier alpha value is -3.02. The van der Waals surface area contributed by atoms with Crippen molar-refractivity contribution in [3.63, 3.8) is 0 Å². The van der Waals surface area contributed by atoms with Gasteiger partial charge in [0.1, 0.15) is 5.69 Å². The van der Waals surface area contributed by atoms with Crippen molar-refractivity contribution in [2.75, 3.05) is 5.32 Å². The molecule has 1 aromatic carbocycles. The smallest absolute Gasteiger partial charge is 0.274 e. The molecule has 1 amide bonds. The Bertz CT molecular complexity index is 836. The first kappa shape index (κ1) is 12.0. The van der Waals surface area contributed by atoms with E-state index in [1.807, 2.05) is 24.3 Å². The van der Waals surface area contributed by atoms with Crippen molar-refractivity contribution in [3.8, 4) is 0 Å². The van der Waals surface area contributed by atoms with Gasteiger partial charge in [0.25, 0.3) is 11.5 Å². The second-order valence-electron chi connectivity index (χ2n) is 4.13. The van der Waals surface area contributed by atoms with Crippen LogP contribution in [0.5, 0.6) is 0 Å². The van der Waals surface area contributed by atoms with E-state index in [1.165, 1.54) is 6.33 Å². The summed E-state index contributed by atoms with van der Waals surface area (Å²) >= 11 is 0. The van der Waals surface area contributed by atoms with Crippen LogP contribution >= 0.6 is 0 Å². The zero-order valence-corrected chi connectivity index (χ0v) is 10.3. The number of anilines is 1. The summed E-state index contributed by atoms with van der Waals surface area (Å²) in [4.78, 5) is 33.7. The highest BCUT2D eigenvalue weighted by Crippen LogP contribution is 2.20. The van der Waals surface area contributed by atoms with E-state index in [-0.39, 0.29) is 11.3 Å². The van der Waals surface area contributed by atoms with Gasteiger partial charge in [-0.1, -0.05) is 18.2 Å². The third-order valence-corrected chi connectivity index (χ3v) is 2.79. The van der Waals surface area contributed by atoms with Gasteiger partial charge in [-0.25, -0.2) is 4.98 Å². The van der Waals surface area contributed by atoms with Crippen LogP contribution < -0.4 is 10.9 Å². The number of carbonyl (C=O) groups excluding carboxylic acids is 1. The van der Waals surface area contributed by atoms with E-state index in [4.69, 9.17) is 0 Å². The predicted molar refractivity (Wildman–Crippen MR) is 74.6 cm³/mol. The highest BCUT2D eigenvalue weighted by Gasteiger charge is 2.10. The van der Waals surface area contributed by atoms with Crippen LogP contribution in [0.2, 0.25) is 0 Å². The Labute approximate surface area is 113 Å². The summed E-state index contributed by atoms with van der Waals surface area (Å²) in [6.45, 7) is 0. The molecule has 0 spiro atoms. The maximum absolute atomic E-state index is 12.1. The van der Waals surface area contributed by atoms with Gasteiger partial charge in [0, 0.05) is 17.6 Å². The zero-order chi connectivity index (χ0) is 13.9. The standard InChI is InChI=1S/C14H10N4O2/c19-12-7-11(16-8-17-12)14(20)18-10-5-1-3-9-4-2-6-15-13(9)10/h1-8H,(H,18,20)(H,16,17,19). The molecule has 0 atom stereocenters. The van der Waals surface area contributed by atoms with Crippen molar-refractivity contribution in [1.82, 2.24) is 15.0 Å². The van der Waals surface area contributed by atoms with Crippen LogP contribution in [0.3, 0.4) is 0 Å². The minimum atomic E-state index is -0.450. The minimum absolute atomic E-state index is 0.0571. The quantitative estimate of drug-likeness (QED) is 0.737. The molecule has 3 rings (SSSR count). The number of fused-ring (bicyclic) bond motifs is 1. The lowest BCUT2D eigenvalue weighted by atomic mass is 10.2. The van der Waals surface area contributed by atoms with Crippen LogP contribution in [0.15, 0.2) is 53.7 Å². The number of hydrogen-bond acceptors (Lipinski definition) is 4. The molecule has 0 radical (unpaired) electrons. The first-order valence-corrected chi connectivity index (χ1v) is 5.94. The average molecular weight is 266 g/mol. The van der Waals surface area contributed by atoms with Crippen molar-refractivity contribution < 1.29 is 4.79 Å². The van der Waals surface area contributed by atoms with Crippen LogP contribution in [0.25, 0.3) is 10.9 Å². The summed E-state index contributed by atoms with van der Waals surface area (Å²) in [5.41, 5.74) is 0.950. The molecule has 6 heteroatoms. The zero-order valence-electron chi connectivity index (χ0n) is 10.3. The Morgan fingerprint density at radius 1 is 1.15 bits per heavy atom. The predicted octanol–water partition coefficient (Wildman–Crippen LogP) is 1.57. The summed E-state index contributed by atoms with van der Waals surface area (Å²) < 4.78 is 0.